The number of anilines is 1. The lowest BCUT2D eigenvalue weighted by molar-refractivity contribution is -0.119. The fourth-order valence-corrected chi connectivity index (χ4v) is 3.35. The minimum atomic E-state index is -3.66. The molecule has 28 heavy (non-hydrogen) atoms. The molecular weight excluding hydrogens is 450 g/mol. The van der Waals surface area contributed by atoms with Gasteiger partial charge in [-0.2, -0.15) is 5.10 Å². The summed E-state index contributed by atoms with van der Waals surface area (Å²) in [5, 5.41) is 13.5. The number of phenolic OH excluding ortho intramolecular Hbond substituents is 1. The van der Waals surface area contributed by atoms with Gasteiger partial charge in [0, 0.05) is 4.47 Å². The molecule has 0 bridgehead atoms. The van der Waals surface area contributed by atoms with Gasteiger partial charge in [-0.15, -0.1) is 0 Å². The van der Waals surface area contributed by atoms with E-state index in [4.69, 9.17) is 4.74 Å². The summed E-state index contributed by atoms with van der Waals surface area (Å²) in [6, 6.07) is 11.2. The van der Waals surface area contributed by atoms with Crippen molar-refractivity contribution < 1.29 is 23.1 Å². The average Bonchev–Trinajstić information content (AvgIpc) is 2.62. The number of rotatable bonds is 8. The van der Waals surface area contributed by atoms with Gasteiger partial charge in [0.25, 0.3) is 5.91 Å². The zero-order chi connectivity index (χ0) is 20.7. The minimum absolute atomic E-state index is 0.00123. The Morgan fingerprint density at radius 2 is 1.96 bits per heavy atom. The van der Waals surface area contributed by atoms with Gasteiger partial charge in [0.05, 0.1) is 24.8 Å². The predicted molar refractivity (Wildman–Crippen MR) is 111 cm³/mol. The van der Waals surface area contributed by atoms with Crippen molar-refractivity contribution in [3.8, 4) is 11.5 Å². The monoisotopic (exact) mass is 469 g/mol. The fraction of sp³-hybridized carbons (Fsp3) is 0.222. The summed E-state index contributed by atoms with van der Waals surface area (Å²) in [5.74, 6) is -0.300. The number of aromatic hydroxyl groups is 1. The van der Waals surface area contributed by atoms with E-state index in [9.17, 15) is 18.3 Å². The molecule has 8 nitrogen and oxygen atoms in total. The van der Waals surface area contributed by atoms with Crippen molar-refractivity contribution in [3.05, 3.63) is 52.5 Å². The Morgan fingerprint density at radius 1 is 1.29 bits per heavy atom. The van der Waals surface area contributed by atoms with Gasteiger partial charge in [-0.3, -0.25) is 9.10 Å². The number of sulfonamides is 1. The first kappa shape index (κ1) is 21.7. The summed E-state index contributed by atoms with van der Waals surface area (Å²) in [6.07, 6.45) is 2.39. The molecule has 0 aliphatic rings. The molecule has 2 aromatic carbocycles. The SMILES string of the molecule is CCOc1cc(/C=N\NC(=O)CN(c2ccc(Br)cc2)S(C)(=O)=O)ccc1O. The third-order valence-corrected chi connectivity index (χ3v) is 5.16. The Balaban J connectivity index is 2.06. The molecule has 0 aliphatic heterocycles. The van der Waals surface area contributed by atoms with Crippen molar-refractivity contribution in [2.75, 3.05) is 23.7 Å². The Hall–Kier alpha value is -2.59. The van der Waals surface area contributed by atoms with Crippen LogP contribution in [0.1, 0.15) is 12.5 Å². The number of carbonyl (C=O) groups is 1. The molecule has 0 fully saturated rings. The number of nitrogens with one attached hydrogen (secondary N) is 1. The van der Waals surface area contributed by atoms with E-state index in [0.29, 0.717) is 23.6 Å². The van der Waals surface area contributed by atoms with Crippen LogP contribution in [-0.2, 0) is 14.8 Å². The number of hydrazone groups is 1. The van der Waals surface area contributed by atoms with Crippen molar-refractivity contribution in [1.82, 2.24) is 5.43 Å². The molecule has 0 saturated carbocycles. The van der Waals surface area contributed by atoms with E-state index in [0.717, 1.165) is 15.0 Å². The molecule has 0 atom stereocenters. The predicted octanol–water partition coefficient (Wildman–Crippen LogP) is 2.47. The second kappa shape index (κ2) is 9.56. The lowest BCUT2D eigenvalue weighted by atomic mass is 10.2. The molecular formula is C18H20BrN3O5S. The van der Waals surface area contributed by atoms with Gasteiger partial charge in [-0.25, -0.2) is 13.8 Å². The van der Waals surface area contributed by atoms with Gasteiger partial charge < -0.3 is 9.84 Å². The first-order chi connectivity index (χ1) is 13.2. The molecule has 10 heteroatoms. The number of hydrogen-bond acceptors (Lipinski definition) is 6. The molecule has 1 amide bonds. The van der Waals surface area contributed by atoms with Crippen LogP contribution in [0.25, 0.3) is 0 Å². The van der Waals surface area contributed by atoms with Crippen molar-refractivity contribution in [2.45, 2.75) is 6.92 Å². The molecule has 0 radical (unpaired) electrons. The van der Waals surface area contributed by atoms with Gasteiger partial charge in [0.15, 0.2) is 11.5 Å². The number of benzene rings is 2. The number of ether oxygens (including phenoxy) is 1. The molecule has 0 aromatic heterocycles. The van der Waals surface area contributed by atoms with Crippen LogP contribution >= 0.6 is 15.9 Å². The van der Waals surface area contributed by atoms with Gasteiger partial charge in [0.2, 0.25) is 10.0 Å². The van der Waals surface area contributed by atoms with E-state index in [1.165, 1.54) is 12.3 Å². The van der Waals surface area contributed by atoms with Gasteiger partial charge in [-0.1, -0.05) is 15.9 Å². The highest BCUT2D eigenvalue weighted by atomic mass is 79.9. The second-order valence-corrected chi connectivity index (χ2v) is 8.52. The molecule has 0 unspecified atom stereocenters. The Bertz CT molecular complexity index is 962. The minimum Gasteiger partial charge on any atom is -0.504 e. The van der Waals surface area contributed by atoms with E-state index in [1.807, 2.05) is 0 Å². The van der Waals surface area contributed by atoms with Crippen LogP contribution in [0.3, 0.4) is 0 Å². The molecule has 0 spiro atoms. The van der Waals surface area contributed by atoms with E-state index in [2.05, 4.69) is 26.5 Å². The summed E-state index contributed by atoms with van der Waals surface area (Å²) in [7, 11) is -3.66. The van der Waals surface area contributed by atoms with Crippen molar-refractivity contribution in [2.24, 2.45) is 5.10 Å². The van der Waals surface area contributed by atoms with Crippen molar-refractivity contribution >= 4 is 43.8 Å². The zero-order valence-electron chi connectivity index (χ0n) is 15.3. The van der Waals surface area contributed by atoms with Crippen LogP contribution in [0.15, 0.2) is 52.0 Å². The van der Waals surface area contributed by atoms with Gasteiger partial charge >= 0.3 is 0 Å². The summed E-state index contributed by atoms with van der Waals surface area (Å²) in [6.45, 7) is 1.76. The van der Waals surface area contributed by atoms with E-state index in [-0.39, 0.29) is 5.75 Å². The van der Waals surface area contributed by atoms with Crippen LogP contribution in [0.2, 0.25) is 0 Å². The third kappa shape index (κ3) is 6.24. The largest absolute Gasteiger partial charge is 0.504 e. The normalized spacial score (nSPS) is 11.4. The van der Waals surface area contributed by atoms with E-state index in [1.54, 1.807) is 43.3 Å². The Morgan fingerprint density at radius 3 is 2.57 bits per heavy atom. The van der Waals surface area contributed by atoms with Crippen molar-refractivity contribution in [3.63, 3.8) is 0 Å². The first-order valence-electron chi connectivity index (χ1n) is 8.21. The summed E-state index contributed by atoms with van der Waals surface area (Å²) in [5.41, 5.74) is 3.25. The molecule has 2 N–H and O–H groups in total. The smallest absolute Gasteiger partial charge is 0.260 e. The Labute approximate surface area is 172 Å². The lowest BCUT2D eigenvalue weighted by Crippen LogP contribution is -2.39. The molecule has 2 aromatic rings. The lowest BCUT2D eigenvalue weighted by Gasteiger charge is -2.21. The maximum absolute atomic E-state index is 12.1. The average molecular weight is 470 g/mol. The van der Waals surface area contributed by atoms with Crippen LogP contribution in [0.4, 0.5) is 5.69 Å². The number of carbonyl (C=O) groups excluding carboxylic acids is 1. The fourth-order valence-electron chi connectivity index (χ4n) is 2.23. The standard InChI is InChI=1S/C18H20BrN3O5S/c1-3-27-17-10-13(4-9-16(17)23)11-20-21-18(24)12-22(28(2,25)26)15-7-5-14(19)6-8-15/h4-11,23H,3,12H2,1-2H3,(H,21,24)/b20-11-. The maximum atomic E-state index is 12.1. The van der Waals surface area contributed by atoms with E-state index < -0.39 is 22.5 Å². The number of halogens is 1. The first-order valence-corrected chi connectivity index (χ1v) is 10.9. The number of amides is 1. The molecule has 0 saturated heterocycles. The number of hydrogen-bond donors (Lipinski definition) is 2. The highest BCUT2D eigenvalue weighted by molar-refractivity contribution is 9.10. The van der Waals surface area contributed by atoms with Crippen LogP contribution < -0.4 is 14.5 Å². The highest BCUT2D eigenvalue weighted by Crippen LogP contribution is 2.26. The molecule has 150 valence electrons. The number of nitrogens with zero attached hydrogens (tertiary/aromatic N) is 2. The quantitative estimate of drug-likeness (QED) is 0.455. The number of phenols is 1. The summed E-state index contributed by atoms with van der Waals surface area (Å²) in [4.78, 5) is 12.1. The second-order valence-electron chi connectivity index (χ2n) is 5.70. The van der Waals surface area contributed by atoms with Crippen LogP contribution in [0.5, 0.6) is 11.5 Å². The Kier molecular flexibility index (Phi) is 7.41. The molecule has 2 rings (SSSR count). The highest BCUT2D eigenvalue weighted by Gasteiger charge is 2.20. The third-order valence-electron chi connectivity index (χ3n) is 3.49. The van der Waals surface area contributed by atoms with E-state index >= 15 is 0 Å². The van der Waals surface area contributed by atoms with Crippen LogP contribution in [0, 0.1) is 0 Å². The summed E-state index contributed by atoms with van der Waals surface area (Å²) >= 11 is 3.28. The zero-order valence-corrected chi connectivity index (χ0v) is 17.7. The van der Waals surface area contributed by atoms with Gasteiger partial charge in [0.1, 0.15) is 6.54 Å². The van der Waals surface area contributed by atoms with Gasteiger partial charge in [-0.05, 0) is 55.0 Å². The van der Waals surface area contributed by atoms with Crippen LogP contribution in [-0.4, -0.2) is 45.1 Å². The topological polar surface area (TPSA) is 108 Å². The molecule has 0 heterocycles. The van der Waals surface area contributed by atoms with Crippen molar-refractivity contribution in [1.29, 1.82) is 0 Å². The summed E-state index contributed by atoms with van der Waals surface area (Å²) < 4.78 is 31.1. The maximum Gasteiger partial charge on any atom is 0.260 e. The molecule has 0 aliphatic carbocycles.